The lowest BCUT2D eigenvalue weighted by Gasteiger charge is -2.14. The second kappa shape index (κ2) is 8.21. The number of benzene rings is 2. The number of thiophene rings is 1. The number of amides is 1. The highest BCUT2D eigenvalue weighted by Crippen LogP contribution is 2.44. The van der Waals surface area contributed by atoms with Crippen molar-refractivity contribution in [1.82, 2.24) is 5.32 Å². The number of alkyl carbamates (subject to hydrolysis) is 1. The summed E-state index contributed by atoms with van der Waals surface area (Å²) in [5.41, 5.74) is 4.82. The first-order valence-electron chi connectivity index (χ1n) is 9.03. The van der Waals surface area contributed by atoms with Crippen molar-refractivity contribution in [2.45, 2.75) is 5.92 Å². The summed E-state index contributed by atoms with van der Waals surface area (Å²) >= 11 is 1.25. The summed E-state index contributed by atoms with van der Waals surface area (Å²) in [4.78, 5) is 23.6. The first-order chi connectivity index (χ1) is 14.1. The quantitative estimate of drug-likeness (QED) is 0.636. The number of carboxylic acids is 1. The molecule has 1 amide bonds. The summed E-state index contributed by atoms with van der Waals surface area (Å²) in [5.74, 6) is 4.52. The van der Waals surface area contributed by atoms with Gasteiger partial charge in [0.2, 0.25) is 0 Å². The van der Waals surface area contributed by atoms with Crippen LogP contribution >= 0.6 is 11.3 Å². The number of ether oxygens (including phenoxy) is 1. The molecule has 4 rings (SSSR count). The molecule has 0 atom stereocenters. The molecular formula is C23H17NO4S. The van der Waals surface area contributed by atoms with Crippen LogP contribution in [0, 0.1) is 11.8 Å². The predicted octanol–water partition coefficient (Wildman–Crippen LogP) is 4.34. The molecule has 0 radical (unpaired) electrons. The van der Waals surface area contributed by atoms with Crippen LogP contribution in [0.1, 0.15) is 32.3 Å². The molecule has 0 saturated carbocycles. The molecule has 0 bridgehead atoms. The van der Waals surface area contributed by atoms with Gasteiger partial charge in [0.05, 0.1) is 17.0 Å². The van der Waals surface area contributed by atoms with Gasteiger partial charge in [-0.25, -0.2) is 9.59 Å². The van der Waals surface area contributed by atoms with E-state index < -0.39 is 12.1 Å². The van der Waals surface area contributed by atoms with Crippen molar-refractivity contribution >= 4 is 23.4 Å². The van der Waals surface area contributed by atoms with Gasteiger partial charge in [-0.15, -0.1) is 11.3 Å². The van der Waals surface area contributed by atoms with Gasteiger partial charge in [0.25, 0.3) is 0 Å². The monoisotopic (exact) mass is 403 g/mol. The number of carbonyl (C=O) groups excluding carboxylic acids is 1. The minimum absolute atomic E-state index is 0.00322. The van der Waals surface area contributed by atoms with E-state index in [1.54, 1.807) is 5.38 Å². The van der Waals surface area contributed by atoms with Crippen molar-refractivity contribution in [3.8, 4) is 23.0 Å². The largest absolute Gasteiger partial charge is 0.478 e. The number of carboxylic acid groups (broad SMARTS) is 1. The van der Waals surface area contributed by atoms with Crippen LogP contribution in [-0.2, 0) is 4.74 Å². The van der Waals surface area contributed by atoms with Crippen LogP contribution in [-0.4, -0.2) is 30.3 Å². The van der Waals surface area contributed by atoms with Gasteiger partial charge in [0, 0.05) is 5.92 Å². The van der Waals surface area contributed by atoms with E-state index in [2.05, 4.69) is 41.4 Å². The molecule has 144 valence electrons. The molecule has 1 aliphatic rings. The normalized spacial score (nSPS) is 11.7. The van der Waals surface area contributed by atoms with Gasteiger partial charge < -0.3 is 15.2 Å². The third kappa shape index (κ3) is 3.86. The highest BCUT2D eigenvalue weighted by Gasteiger charge is 2.28. The zero-order valence-corrected chi connectivity index (χ0v) is 16.2. The van der Waals surface area contributed by atoms with Crippen molar-refractivity contribution in [1.29, 1.82) is 0 Å². The molecule has 6 heteroatoms. The molecule has 2 N–H and O–H groups in total. The fraction of sp³-hybridized carbons (Fsp3) is 0.130. The van der Waals surface area contributed by atoms with Crippen LogP contribution in [0.5, 0.6) is 0 Å². The summed E-state index contributed by atoms with van der Waals surface area (Å²) in [7, 11) is 0. The first kappa shape index (κ1) is 18.8. The van der Waals surface area contributed by atoms with Gasteiger partial charge in [-0.05, 0) is 33.7 Å². The van der Waals surface area contributed by atoms with Gasteiger partial charge >= 0.3 is 12.1 Å². The lowest BCUT2D eigenvalue weighted by Crippen LogP contribution is -2.26. The molecule has 1 aromatic heterocycles. The van der Waals surface area contributed by atoms with E-state index in [9.17, 15) is 9.59 Å². The Morgan fingerprint density at radius 2 is 1.69 bits per heavy atom. The number of fused-ring (bicyclic) bond motifs is 3. The van der Waals surface area contributed by atoms with E-state index in [1.165, 1.54) is 28.5 Å². The van der Waals surface area contributed by atoms with Crippen LogP contribution in [0.4, 0.5) is 4.79 Å². The fourth-order valence-corrected chi connectivity index (χ4v) is 4.22. The van der Waals surface area contributed by atoms with Crippen molar-refractivity contribution in [2.75, 3.05) is 13.2 Å². The zero-order chi connectivity index (χ0) is 20.2. The summed E-state index contributed by atoms with van der Waals surface area (Å²) in [6.45, 7) is 0.314. The van der Waals surface area contributed by atoms with Crippen LogP contribution in [0.15, 0.2) is 60.0 Å². The Hall–Kier alpha value is -3.56. The molecular weight excluding hydrogens is 386 g/mol. The molecule has 1 heterocycles. The van der Waals surface area contributed by atoms with Gasteiger partial charge in [-0.2, -0.15) is 0 Å². The summed E-state index contributed by atoms with van der Waals surface area (Å²) in [6.07, 6.45) is -0.550. The minimum Gasteiger partial charge on any atom is -0.478 e. The van der Waals surface area contributed by atoms with Crippen LogP contribution in [0.25, 0.3) is 11.1 Å². The van der Waals surface area contributed by atoms with E-state index in [-0.39, 0.29) is 24.6 Å². The number of rotatable bonds is 4. The highest BCUT2D eigenvalue weighted by molar-refractivity contribution is 7.10. The average Bonchev–Trinajstić information content (AvgIpc) is 3.33. The maximum Gasteiger partial charge on any atom is 0.407 e. The molecule has 0 saturated heterocycles. The number of hydrogen-bond donors (Lipinski definition) is 2. The van der Waals surface area contributed by atoms with Crippen molar-refractivity contribution in [3.63, 3.8) is 0 Å². The van der Waals surface area contributed by atoms with Crippen LogP contribution in [0.3, 0.4) is 0 Å². The van der Waals surface area contributed by atoms with Crippen molar-refractivity contribution < 1.29 is 19.4 Å². The number of aromatic carboxylic acids is 1. The molecule has 0 unspecified atom stereocenters. The molecule has 1 aliphatic carbocycles. The Balaban J connectivity index is 1.36. The predicted molar refractivity (Wildman–Crippen MR) is 111 cm³/mol. The third-order valence-electron chi connectivity index (χ3n) is 4.76. The van der Waals surface area contributed by atoms with Gasteiger partial charge in [-0.3, -0.25) is 0 Å². The zero-order valence-electron chi connectivity index (χ0n) is 15.3. The van der Waals surface area contributed by atoms with Gasteiger partial charge in [0.15, 0.2) is 0 Å². The molecule has 29 heavy (non-hydrogen) atoms. The maximum atomic E-state index is 12.1. The number of carbonyl (C=O) groups is 2. The van der Waals surface area contributed by atoms with E-state index in [0.717, 1.165) is 11.1 Å². The Labute approximate surface area is 172 Å². The second-order valence-corrected chi connectivity index (χ2v) is 7.37. The number of nitrogens with one attached hydrogen (secondary N) is 1. The van der Waals surface area contributed by atoms with E-state index in [4.69, 9.17) is 9.84 Å². The van der Waals surface area contributed by atoms with Gasteiger partial charge in [0.1, 0.15) is 6.61 Å². The SMILES string of the molecule is O=C(NCC#Cc1sccc1C(=O)O)OCC1c2ccccc2-c2ccccc21. The topological polar surface area (TPSA) is 75.6 Å². The summed E-state index contributed by atoms with van der Waals surface area (Å²) in [5, 5.41) is 13.3. The fourth-order valence-electron chi connectivity index (χ4n) is 3.46. The molecule has 2 aromatic carbocycles. The van der Waals surface area contributed by atoms with E-state index >= 15 is 0 Å². The Kier molecular flexibility index (Phi) is 5.32. The smallest absolute Gasteiger partial charge is 0.407 e. The van der Waals surface area contributed by atoms with Crippen LogP contribution < -0.4 is 5.32 Å². The summed E-state index contributed by atoms with van der Waals surface area (Å²) in [6, 6.07) is 17.8. The Morgan fingerprint density at radius 1 is 1.03 bits per heavy atom. The summed E-state index contributed by atoms with van der Waals surface area (Å²) < 4.78 is 5.43. The van der Waals surface area contributed by atoms with Crippen LogP contribution in [0.2, 0.25) is 0 Å². The van der Waals surface area contributed by atoms with Crippen molar-refractivity contribution in [3.05, 3.63) is 81.5 Å². The lowest BCUT2D eigenvalue weighted by molar-refractivity contribution is 0.0697. The van der Waals surface area contributed by atoms with E-state index in [1.807, 2.05) is 24.3 Å². The maximum absolute atomic E-state index is 12.1. The first-order valence-corrected chi connectivity index (χ1v) is 9.91. The lowest BCUT2D eigenvalue weighted by atomic mass is 9.98. The molecule has 0 spiro atoms. The second-order valence-electron chi connectivity index (χ2n) is 6.45. The molecule has 0 fully saturated rings. The minimum atomic E-state index is -1.01. The third-order valence-corrected chi connectivity index (χ3v) is 5.59. The highest BCUT2D eigenvalue weighted by atomic mass is 32.1. The van der Waals surface area contributed by atoms with Gasteiger partial charge in [-0.1, -0.05) is 60.4 Å². The van der Waals surface area contributed by atoms with Crippen molar-refractivity contribution in [2.24, 2.45) is 0 Å². The Bertz CT molecular complexity index is 1090. The van der Waals surface area contributed by atoms with E-state index in [0.29, 0.717) is 4.88 Å². The standard InChI is InChI=1S/C23H17NO4S/c25-22(26)19-11-13-29-21(19)10-5-12-24-23(27)28-14-20-17-8-3-1-6-15(17)16-7-2-4-9-18(16)20/h1-4,6-9,11,13,20H,12,14H2,(H,24,27)(H,25,26). The molecule has 5 nitrogen and oxygen atoms in total. The Morgan fingerprint density at radius 3 is 2.34 bits per heavy atom. The average molecular weight is 403 g/mol. The number of hydrogen-bond acceptors (Lipinski definition) is 4. The molecule has 0 aliphatic heterocycles. The molecule has 3 aromatic rings.